The molecule has 0 aromatic rings. The van der Waals surface area contributed by atoms with Crippen molar-refractivity contribution in [2.24, 2.45) is 11.8 Å². The summed E-state index contributed by atoms with van der Waals surface area (Å²) in [7, 11) is 0. The molecule has 124 valence electrons. The fraction of sp³-hybridized carbons (Fsp3) is 0.941. The Morgan fingerprint density at radius 1 is 1.19 bits per heavy atom. The third kappa shape index (κ3) is 8.30. The third-order valence-electron chi connectivity index (χ3n) is 4.31. The minimum Gasteiger partial charge on any atom is -0.376 e. The predicted molar refractivity (Wildman–Crippen MR) is 87.4 cm³/mol. The van der Waals surface area contributed by atoms with Crippen LogP contribution in [0.3, 0.4) is 0 Å². The number of carbonyl (C=O) groups excluding carboxylic acids is 1. The zero-order chi connectivity index (χ0) is 15.7. The van der Waals surface area contributed by atoms with Crippen molar-refractivity contribution in [3.63, 3.8) is 0 Å². The third-order valence-corrected chi connectivity index (χ3v) is 4.31. The van der Waals surface area contributed by atoms with E-state index in [4.69, 9.17) is 4.74 Å². The van der Waals surface area contributed by atoms with Gasteiger partial charge in [0.05, 0.1) is 12.7 Å². The Morgan fingerprint density at radius 3 is 2.57 bits per heavy atom. The summed E-state index contributed by atoms with van der Waals surface area (Å²) < 4.78 is 5.89. The van der Waals surface area contributed by atoms with Crippen LogP contribution in [-0.4, -0.2) is 31.3 Å². The topological polar surface area (TPSA) is 50.4 Å². The van der Waals surface area contributed by atoms with Gasteiger partial charge in [-0.3, -0.25) is 0 Å². The summed E-state index contributed by atoms with van der Waals surface area (Å²) in [5, 5.41) is 5.86. The summed E-state index contributed by atoms with van der Waals surface area (Å²) >= 11 is 0. The zero-order valence-corrected chi connectivity index (χ0v) is 14.3. The number of ether oxygens (including phenoxy) is 1. The van der Waals surface area contributed by atoms with Gasteiger partial charge < -0.3 is 15.4 Å². The molecule has 1 fully saturated rings. The Balaban J connectivity index is 2.05. The van der Waals surface area contributed by atoms with E-state index in [0.29, 0.717) is 31.1 Å². The highest BCUT2D eigenvalue weighted by molar-refractivity contribution is 5.74. The Labute approximate surface area is 130 Å². The quantitative estimate of drug-likeness (QED) is 0.671. The van der Waals surface area contributed by atoms with Crippen molar-refractivity contribution in [3.8, 4) is 0 Å². The lowest BCUT2D eigenvalue weighted by Crippen LogP contribution is -2.42. The smallest absolute Gasteiger partial charge is 0.315 e. The van der Waals surface area contributed by atoms with Gasteiger partial charge in [-0.25, -0.2) is 4.79 Å². The molecule has 2 N–H and O–H groups in total. The van der Waals surface area contributed by atoms with Gasteiger partial charge in [0.15, 0.2) is 0 Å². The van der Waals surface area contributed by atoms with Gasteiger partial charge in [0, 0.05) is 12.6 Å². The van der Waals surface area contributed by atoms with E-state index in [1.165, 1.54) is 25.7 Å². The van der Waals surface area contributed by atoms with Crippen molar-refractivity contribution in [2.45, 2.75) is 78.4 Å². The molecule has 1 aliphatic rings. The number of amides is 2. The van der Waals surface area contributed by atoms with Gasteiger partial charge in [-0.15, -0.1) is 0 Å². The van der Waals surface area contributed by atoms with Crippen molar-refractivity contribution in [1.82, 2.24) is 10.6 Å². The maximum absolute atomic E-state index is 11.7. The largest absolute Gasteiger partial charge is 0.376 e. The van der Waals surface area contributed by atoms with E-state index in [1.807, 2.05) is 0 Å². The van der Waals surface area contributed by atoms with Gasteiger partial charge >= 0.3 is 6.03 Å². The van der Waals surface area contributed by atoms with Crippen LogP contribution in [0.1, 0.15) is 66.2 Å². The van der Waals surface area contributed by atoms with Gasteiger partial charge in [-0.05, 0) is 44.4 Å². The molecule has 0 aromatic heterocycles. The molecule has 0 saturated heterocycles. The van der Waals surface area contributed by atoms with E-state index in [2.05, 4.69) is 38.3 Å². The zero-order valence-electron chi connectivity index (χ0n) is 14.3. The van der Waals surface area contributed by atoms with E-state index < -0.39 is 0 Å². The Hall–Kier alpha value is -0.770. The highest BCUT2D eigenvalue weighted by atomic mass is 16.5. The number of urea groups is 1. The lowest BCUT2D eigenvalue weighted by Gasteiger charge is -2.28. The average molecular weight is 298 g/mol. The van der Waals surface area contributed by atoms with Gasteiger partial charge in [-0.2, -0.15) is 0 Å². The molecule has 0 bridgehead atoms. The van der Waals surface area contributed by atoms with Crippen LogP contribution >= 0.6 is 0 Å². The summed E-state index contributed by atoms with van der Waals surface area (Å²) in [4.78, 5) is 11.7. The predicted octanol–water partition coefficient (Wildman–Crippen LogP) is 3.71. The first-order chi connectivity index (χ1) is 9.99. The maximum atomic E-state index is 11.7. The Morgan fingerprint density at radius 2 is 1.90 bits per heavy atom. The molecule has 3 unspecified atom stereocenters. The lowest BCUT2D eigenvalue weighted by atomic mass is 9.88. The molecule has 4 heteroatoms. The summed E-state index contributed by atoms with van der Waals surface area (Å²) in [6, 6.07) is 0.151. The van der Waals surface area contributed by atoms with E-state index in [0.717, 1.165) is 12.8 Å². The molecule has 0 radical (unpaired) electrons. The molecule has 21 heavy (non-hydrogen) atoms. The van der Waals surface area contributed by atoms with Crippen LogP contribution in [0.2, 0.25) is 0 Å². The van der Waals surface area contributed by atoms with Gasteiger partial charge in [0.2, 0.25) is 0 Å². The van der Waals surface area contributed by atoms with Crippen LogP contribution in [0.15, 0.2) is 0 Å². The molecule has 0 spiro atoms. The number of hydrogen-bond acceptors (Lipinski definition) is 2. The molecule has 0 heterocycles. The minimum absolute atomic E-state index is 0.0773. The second-order valence-corrected chi connectivity index (χ2v) is 6.94. The van der Waals surface area contributed by atoms with E-state index in [9.17, 15) is 4.79 Å². The Bertz CT molecular complexity index is 295. The first-order valence-electron chi connectivity index (χ1n) is 8.65. The van der Waals surface area contributed by atoms with Crippen molar-refractivity contribution in [2.75, 3.05) is 13.2 Å². The van der Waals surface area contributed by atoms with Gasteiger partial charge in [0.25, 0.3) is 0 Å². The van der Waals surface area contributed by atoms with Crippen LogP contribution < -0.4 is 10.6 Å². The molecule has 4 nitrogen and oxygen atoms in total. The lowest BCUT2D eigenvalue weighted by molar-refractivity contribution is -0.00244. The fourth-order valence-electron chi connectivity index (χ4n) is 2.84. The maximum Gasteiger partial charge on any atom is 0.315 e. The number of hydrogen-bond donors (Lipinski definition) is 2. The van der Waals surface area contributed by atoms with Gasteiger partial charge in [-0.1, -0.05) is 33.6 Å². The SMILES string of the molecule is CC(C)CCC(C)NC(=O)NCCOC1CCCCC1C. The van der Waals surface area contributed by atoms with Crippen LogP contribution in [0.4, 0.5) is 4.79 Å². The molecule has 2 amide bonds. The van der Waals surface area contributed by atoms with Crippen molar-refractivity contribution in [3.05, 3.63) is 0 Å². The molecular formula is C17H34N2O2. The van der Waals surface area contributed by atoms with Crippen LogP contribution in [0, 0.1) is 11.8 Å². The Kier molecular flexibility index (Phi) is 8.74. The number of rotatable bonds is 8. The van der Waals surface area contributed by atoms with E-state index >= 15 is 0 Å². The van der Waals surface area contributed by atoms with Crippen LogP contribution in [0.25, 0.3) is 0 Å². The molecular weight excluding hydrogens is 264 g/mol. The molecule has 1 rings (SSSR count). The normalized spacial score (nSPS) is 23.9. The molecule has 0 aromatic carbocycles. The van der Waals surface area contributed by atoms with Crippen molar-refractivity contribution < 1.29 is 9.53 Å². The second-order valence-electron chi connectivity index (χ2n) is 6.94. The highest BCUT2D eigenvalue weighted by Gasteiger charge is 2.21. The first-order valence-corrected chi connectivity index (χ1v) is 8.65. The van der Waals surface area contributed by atoms with Crippen LogP contribution in [0.5, 0.6) is 0 Å². The van der Waals surface area contributed by atoms with Crippen molar-refractivity contribution >= 4 is 6.03 Å². The fourth-order valence-corrected chi connectivity index (χ4v) is 2.84. The van der Waals surface area contributed by atoms with E-state index in [1.54, 1.807) is 0 Å². The second kappa shape index (κ2) is 10.0. The molecule has 1 aliphatic carbocycles. The summed E-state index contributed by atoms with van der Waals surface area (Å²) in [5.74, 6) is 1.34. The number of nitrogens with one attached hydrogen (secondary N) is 2. The summed E-state index contributed by atoms with van der Waals surface area (Å²) in [5.41, 5.74) is 0. The molecule has 3 atom stereocenters. The van der Waals surface area contributed by atoms with Crippen molar-refractivity contribution in [1.29, 1.82) is 0 Å². The summed E-state index contributed by atoms with van der Waals surface area (Å²) in [6.07, 6.45) is 7.59. The minimum atomic E-state index is -0.0773. The first kappa shape index (κ1) is 18.3. The highest BCUT2D eigenvalue weighted by Crippen LogP contribution is 2.25. The molecule has 0 aliphatic heterocycles. The average Bonchev–Trinajstić information content (AvgIpc) is 2.43. The number of carbonyl (C=O) groups is 1. The van der Waals surface area contributed by atoms with Gasteiger partial charge in [0.1, 0.15) is 0 Å². The van der Waals surface area contributed by atoms with E-state index in [-0.39, 0.29) is 12.1 Å². The summed E-state index contributed by atoms with van der Waals surface area (Å²) in [6.45, 7) is 9.93. The standard InChI is InChI=1S/C17H34N2O2/c1-13(2)9-10-15(4)19-17(20)18-11-12-21-16-8-6-5-7-14(16)3/h13-16H,5-12H2,1-4H3,(H2,18,19,20). The monoisotopic (exact) mass is 298 g/mol. The molecule has 1 saturated carbocycles. The van der Waals surface area contributed by atoms with Crippen LogP contribution in [-0.2, 0) is 4.74 Å².